The van der Waals surface area contributed by atoms with Gasteiger partial charge in [-0.1, -0.05) is 31.0 Å². The highest BCUT2D eigenvalue weighted by Crippen LogP contribution is 2.19. The number of hydroxylamine groups is 1. The van der Waals surface area contributed by atoms with E-state index in [9.17, 15) is 4.79 Å². The molecule has 0 unspecified atom stereocenters. The predicted octanol–water partition coefficient (Wildman–Crippen LogP) is 2.06. The van der Waals surface area contributed by atoms with Gasteiger partial charge in [0.05, 0.1) is 6.10 Å². The highest BCUT2D eigenvalue weighted by atomic mass is 16.7. The maximum Gasteiger partial charge on any atom is 0.281 e. The lowest BCUT2D eigenvalue weighted by Gasteiger charge is -2.11. The van der Waals surface area contributed by atoms with Crippen LogP contribution < -0.4 is 10.2 Å². The molecule has 1 aromatic carbocycles. The van der Waals surface area contributed by atoms with Gasteiger partial charge in [-0.15, -0.1) is 0 Å². The summed E-state index contributed by atoms with van der Waals surface area (Å²) >= 11 is 0. The summed E-state index contributed by atoms with van der Waals surface area (Å²) in [6, 6.07) is 9.25. The second-order valence-electron chi connectivity index (χ2n) is 4.15. The predicted molar refractivity (Wildman–Crippen MR) is 63.4 cm³/mol. The Morgan fingerprint density at radius 2 is 1.94 bits per heavy atom. The molecule has 0 aliphatic heterocycles. The smallest absolute Gasteiger partial charge is 0.281 e. The monoisotopic (exact) mass is 235 g/mol. The summed E-state index contributed by atoms with van der Waals surface area (Å²) in [6.45, 7) is -0.0171. The van der Waals surface area contributed by atoms with Crippen LogP contribution in [0.5, 0.6) is 5.75 Å². The molecular formula is C13H17NO3. The van der Waals surface area contributed by atoms with E-state index in [1.807, 2.05) is 30.3 Å². The summed E-state index contributed by atoms with van der Waals surface area (Å²) in [7, 11) is 0. The van der Waals surface area contributed by atoms with E-state index in [1.165, 1.54) is 12.8 Å². The molecule has 1 aliphatic carbocycles. The Morgan fingerprint density at radius 1 is 1.24 bits per heavy atom. The van der Waals surface area contributed by atoms with Crippen LogP contribution in [0.1, 0.15) is 25.7 Å². The number of para-hydroxylation sites is 1. The first-order valence-electron chi connectivity index (χ1n) is 5.97. The van der Waals surface area contributed by atoms with Crippen LogP contribution in [0.2, 0.25) is 0 Å². The standard InChI is InChI=1S/C13H17NO3/c15-13(14-17-12-8-4-5-9-12)10-16-11-6-2-1-3-7-11/h1-3,6-7,12H,4-5,8-10H2,(H,14,15). The van der Waals surface area contributed by atoms with Crippen molar-refractivity contribution in [2.75, 3.05) is 6.61 Å². The van der Waals surface area contributed by atoms with Crippen molar-refractivity contribution < 1.29 is 14.4 Å². The average Bonchev–Trinajstić information content (AvgIpc) is 2.88. The van der Waals surface area contributed by atoms with E-state index in [-0.39, 0.29) is 18.6 Å². The molecule has 2 rings (SSSR count). The molecule has 4 heteroatoms. The number of nitrogens with one attached hydrogen (secondary N) is 1. The zero-order chi connectivity index (χ0) is 11.9. The second kappa shape index (κ2) is 6.25. The third kappa shape index (κ3) is 4.07. The number of carbonyl (C=O) groups is 1. The fourth-order valence-corrected chi connectivity index (χ4v) is 1.85. The van der Waals surface area contributed by atoms with Gasteiger partial charge in [-0.25, -0.2) is 5.48 Å². The Bertz CT molecular complexity index is 347. The van der Waals surface area contributed by atoms with Crippen molar-refractivity contribution in [1.82, 2.24) is 5.48 Å². The molecule has 92 valence electrons. The Hall–Kier alpha value is -1.55. The summed E-state index contributed by atoms with van der Waals surface area (Å²) in [6.07, 6.45) is 4.59. The number of benzene rings is 1. The van der Waals surface area contributed by atoms with Crippen molar-refractivity contribution in [3.05, 3.63) is 30.3 Å². The number of ether oxygens (including phenoxy) is 1. The normalized spacial score (nSPS) is 15.8. The molecule has 1 fully saturated rings. The molecule has 1 aliphatic rings. The van der Waals surface area contributed by atoms with Crippen LogP contribution in [0, 0.1) is 0 Å². The van der Waals surface area contributed by atoms with Crippen LogP contribution in [0.15, 0.2) is 30.3 Å². The third-order valence-corrected chi connectivity index (χ3v) is 2.75. The summed E-state index contributed by atoms with van der Waals surface area (Å²) in [4.78, 5) is 16.7. The van der Waals surface area contributed by atoms with Gasteiger partial charge in [-0.3, -0.25) is 9.63 Å². The van der Waals surface area contributed by atoms with Crippen LogP contribution in [0.25, 0.3) is 0 Å². The highest BCUT2D eigenvalue weighted by molar-refractivity contribution is 5.76. The van der Waals surface area contributed by atoms with E-state index in [1.54, 1.807) is 0 Å². The van der Waals surface area contributed by atoms with Gasteiger partial charge in [0.1, 0.15) is 5.75 Å². The van der Waals surface area contributed by atoms with Gasteiger partial charge in [0.15, 0.2) is 6.61 Å². The zero-order valence-corrected chi connectivity index (χ0v) is 9.72. The Morgan fingerprint density at radius 3 is 2.65 bits per heavy atom. The molecule has 1 saturated carbocycles. The number of hydrogen-bond donors (Lipinski definition) is 1. The fraction of sp³-hybridized carbons (Fsp3) is 0.462. The quantitative estimate of drug-likeness (QED) is 0.795. The van der Waals surface area contributed by atoms with Gasteiger partial charge in [0.25, 0.3) is 5.91 Å². The average molecular weight is 235 g/mol. The lowest BCUT2D eigenvalue weighted by Crippen LogP contribution is -2.32. The van der Waals surface area contributed by atoms with E-state index < -0.39 is 0 Å². The fourth-order valence-electron chi connectivity index (χ4n) is 1.85. The molecule has 0 saturated heterocycles. The Balaban J connectivity index is 1.64. The van der Waals surface area contributed by atoms with E-state index in [2.05, 4.69) is 5.48 Å². The van der Waals surface area contributed by atoms with Crippen molar-refractivity contribution in [1.29, 1.82) is 0 Å². The van der Waals surface area contributed by atoms with Crippen LogP contribution >= 0.6 is 0 Å². The Labute approximate surface area is 101 Å². The van der Waals surface area contributed by atoms with Crippen LogP contribution in [0.3, 0.4) is 0 Å². The van der Waals surface area contributed by atoms with Gasteiger partial charge in [0.2, 0.25) is 0 Å². The van der Waals surface area contributed by atoms with Crippen LogP contribution in [-0.4, -0.2) is 18.6 Å². The topological polar surface area (TPSA) is 47.6 Å². The van der Waals surface area contributed by atoms with Gasteiger partial charge < -0.3 is 4.74 Å². The van der Waals surface area contributed by atoms with E-state index in [0.29, 0.717) is 5.75 Å². The van der Waals surface area contributed by atoms with Crippen molar-refractivity contribution in [3.63, 3.8) is 0 Å². The molecule has 0 spiro atoms. The molecule has 4 nitrogen and oxygen atoms in total. The van der Waals surface area contributed by atoms with E-state index in [4.69, 9.17) is 9.57 Å². The first kappa shape index (κ1) is 11.9. The van der Waals surface area contributed by atoms with Crippen molar-refractivity contribution in [3.8, 4) is 5.75 Å². The molecule has 0 heterocycles. The maximum absolute atomic E-state index is 11.4. The number of amides is 1. The first-order valence-corrected chi connectivity index (χ1v) is 5.97. The second-order valence-corrected chi connectivity index (χ2v) is 4.15. The van der Waals surface area contributed by atoms with Gasteiger partial charge >= 0.3 is 0 Å². The number of rotatable bonds is 5. The van der Waals surface area contributed by atoms with Gasteiger partial charge in [0, 0.05) is 0 Å². The SMILES string of the molecule is O=C(COc1ccccc1)NOC1CCCC1. The molecule has 0 radical (unpaired) electrons. The molecule has 0 aromatic heterocycles. The van der Waals surface area contributed by atoms with Gasteiger partial charge in [-0.05, 0) is 25.0 Å². The van der Waals surface area contributed by atoms with E-state index in [0.717, 1.165) is 12.8 Å². The van der Waals surface area contributed by atoms with Crippen LogP contribution in [-0.2, 0) is 9.63 Å². The minimum atomic E-state index is -0.249. The number of carbonyl (C=O) groups excluding carboxylic acids is 1. The molecule has 1 N–H and O–H groups in total. The summed E-state index contributed by atoms with van der Waals surface area (Å²) in [5.74, 6) is 0.435. The Kier molecular flexibility index (Phi) is 4.38. The van der Waals surface area contributed by atoms with E-state index >= 15 is 0 Å². The maximum atomic E-state index is 11.4. The van der Waals surface area contributed by atoms with Crippen molar-refractivity contribution in [2.24, 2.45) is 0 Å². The van der Waals surface area contributed by atoms with Crippen LogP contribution in [0.4, 0.5) is 0 Å². The lowest BCUT2D eigenvalue weighted by atomic mass is 10.3. The third-order valence-electron chi connectivity index (χ3n) is 2.75. The minimum Gasteiger partial charge on any atom is -0.484 e. The largest absolute Gasteiger partial charge is 0.484 e. The highest BCUT2D eigenvalue weighted by Gasteiger charge is 2.16. The van der Waals surface area contributed by atoms with Crippen molar-refractivity contribution in [2.45, 2.75) is 31.8 Å². The molecule has 0 atom stereocenters. The summed E-state index contributed by atoms with van der Waals surface area (Å²) in [5, 5.41) is 0. The lowest BCUT2D eigenvalue weighted by molar-refractivity contribution is -0.140. The molecule has 0 bridgehead atoms. The summed E-state index contributed by atoms with van der Waals surface area (Å²) in [5.41, 5.74) is 2.43. The first-order chi connectivity index (χ1) is 8.34. The summed E-state index contributed by atoms with van der Waals surface area (Å²) < 4.78 is 5.29. The zero-order valence-electron chi connectivity index (χ0n) is 9.72. The van der Waals surface area contributed by atoms with Gasteiger partial charge in [-0.2, -0.15) is 0 Å². The molecule has 1 amide bonds. The molecule has 17 heavy (non-hydrogen) atoms. The minimum absolute atomic E-state index is 0.0171. The number of hydrogen-bond acceptors (Lipinski definition) is 3. The molecule has 1 aromatic rings. The molecular weight excluding hydrogens is 218 g/mol. The van der Waals surface area contributed by atoms with Crippen molar-refractivity contribution >= 4 is 5.91 Å².